The summed E-state index contributed by atoms with van der Waals surface area (Å²) in [5, 5.41) is 26.6. The highest BCUT2D eigenvalue weighted by atomic mass is 16.6. The summed E-state index contributed by atoms with van der Waals surface area (Å²) in [4.78, 5) is 85.5. The Balaban J connectivity index is 0.00000463. The molecule has 12 atom stereocenters. The molecule has 68 heavy (non-hydrogen) atoms. The van der Waals surface area contributed by atoms with Crippen LogP contribution in [0.15, 0.2) is 85.0 Å². The third kappa shape index (κ3) is 10.1. The number of alkyl carbamates (subject to hydrolysis) is 1. The molecule has 3 fully saturated rings. The van der Waals surface area contributed by atoms with E-state index in [9.17, 15) is 29.4 Å². The van der Waals surface area contributed by atoms with Crippen LogP contribution in [0.1, 0.15) is 121 Å². The van der Waals surface area contributed by atoms with Crippen LogP contribution >= 0.6 is 0 Å². The van der Waals surface area contributed by atoms with Gasteiger partial charge in [-0.25, -0.2) is 14.4 Å². The van der Waals surface area contributed by atoms with Crippen LogP contribution in [0.3, 0.4) is 0 Å². The van der Waals surface area contributed by atoms with Crippen molar-refractivity contribution in [2.24, 2.45) is 22.7 Å². The minimum atomic E-state index is -3.06. The Morgan fingerprint density at radius 3 is 2.16 bits per heavy atom. The zero-order valence-corrected chi connectivity index (χ0v) is 40.6. The number of ketones is 1. The number of carbonyl (C=O) groups is 6. The molecule has 2 aromatic rings. The molecule has 3 aliphatic carbocycles. The summed E-state index contributed by atoms with van der Waals surface area (Å²) in [6.07, 6.45) is -10.8. The Labute approximate surface area is 403 Å². The number of hydrogen-bond acceptors (Lipinski definition) is 15. The van der Waals surface area contributed by atoms with Crippen LogP contribution in [0.4, 0.5) is 4.79 Å². The predicted molar refractivity (Wildman–Crippen MR) is 248 cm³/mol. The molecule has 6 rings (SSSR count). The van der Waals surface area contributed by atoms with Gasteiger partial charge in [0.25, 0.3) is 0 Å². The average molecular weight is 951 g/mol. The van der Waals surface area contributed by atoms with E-state index >= 15 is 9.59 Å². The molecule has 3 N–H and O–H groups in total. The highest BCUT2D eigenvalue weighted by Gasteiger charge is 2.78. The number of amides is 1. The molecule has 4 aliphatic rings. The van der Waals surface area contributed by atoms with Crippen molar-refractivity contribution in [2.75, 3.05) is 13.6 Å². The molecule has 1 aliphatic heterocycles. The summed E-state index contributed by atoms with van der Waals surface area (Å²) in [7, 11) is -3.06. The summed E-state index contributed by atoms with van der Waals surface area (Å²) in [6, 6.07) is 14.5. The van der Waals surface area contributed by atoms with Gasteiger partial charge in [-0.1, -0.05) is 69.3 Å². The van der Waals surface area contributed by atoms with Gasteiger partial charge in [0, 0.05) is 44.6 Å². The Morgan fingerprint density at radius 1 is 1.00 bits per heavy atom. The molecular formula is C52H69NO15. The van der Waals surface area contributed by atoms with Gasteiger partial charge in [-0.15, -0.1) is 13.2 Å². The molecule has 2 bridgehead atoms. The van der Waals surface area contributed by atoms with Crippen LogP contribution in [0.5, 0.6) is 0 Å². The van der Waals surface area contributed by atoms with Gasteiger partial charge in [-0.05, 0) is 76.8 Å². The fraction of sp³-hybridized carbons (Fsp3) is 0.577. The van der Waals surface area contributed by atoms with E-state index in [-0.39, 0.29) is 37.0 Å². The second-order valence-corrected chi connectivity index (χ2v) is 19.8. The summed E-state index contributed by atoms with van der Waals surface area (Å²) >= 11 is 0. The highest BCUT2D eigenvalue weighted by Crippen LogP contribution is 2.65. The van der Waals surface area contributed by atoms with Gasteiger partial charge in [0.1, 0.15) is 41.3 Å². The Morgan fingerprint density at radius 2 is 1.62 bits per heavy atom. The first-order chi connectivity index (χ1) is 33.0. The Bertz CT molecular complexity index is 2330. The molecule has 1 saturated heterocycles. The van der Waals surface area contributed by atoms with Crippen LogP contribution in [0.25, 0.3) is 0 Å². The van der Waals surface area contributed by atoms with Gasteiger partial charge in [0.2, 0.25) is 6.10 Å². The van der Waals surface area contributed by atoms with E-state index in [2.05, 4.69) is 18.5 Å². The van der Waals surface area contributed by atoms with Gasteiger partial charge in [0.05, 0.1) is 39.8 Å². The highest BCUT2D eigenvalue weighted by molar-refractivity contribution is 5.92. The van der Waals surface area contributed by atoms with Crippen molar-refractivity contribution < 1.29 is 76.3 Å². The molecule has 1 heterocycles. The fourth-order valence-electron chi connectivity index (χ4n) is 10.8. The van der Waals surface area contributed by atoms with E-state index < -0.39 is 131 Å². The number of hydrogen-bond donors (Lipinski definition) is 3. The van der Waals surface area contributed by atoms with Crippen molar-refractivity contribution >= 4 is 35.8 Å². The monoisotopic (exact) mass is 950 g/mol. The van der Waals surface area contributed by atoms with Gasteiger partial charge in [-0.2, -0.15) is 0 Å². The number of aliphatic hydroxyl groups is 2. The molecule has 16 heteroatoms. The quantitative estimate of drug-likeness (QED) is 0.108. The first kappa shape index (κ1) is 49.0. The molecule has 1 amide bonds. The van der Waals surface area contributed by atoms with E-state index in [0.717, 1.165) is 6.92 Å². The van der Waals surface area contributed by atoms with Crippen molar-refractivity contribution in [3.63, 3.8) is 0 Å². The second kappa shape index (κ2) is 20.7. The number of rotatable bonds is 13. The van der Waals surface area contributed by atoms with Gasteiger partial charge >= 0.3 is 30.0 Å². The van der Waals surface area contributed by atoms with Crippen LogP contribution in [-0.2, 0) is 52.3 Å². The van der Waals surface area contributed by atoms with E-state index in [0.29, 0.717) is 11.1 Å². The van der Waals surface area contributed by atoms with Crippen molar-refractivity contribution in [3.05, 3.63) is 96.1 Å². The third-order valence-corrected chi connectivity index (χ3v) is 14.0. The van der Waals surface area contributed by atoms with Crippen LogP contribution in [0, 0.1) is 22.7 Å². The lowest BCUT2D eigenvalue weighted by atomic mass is 9.43. The van der Waals surface area contributed by atoms with Crippen molar-refractivity contribution in [2.45, 2.75) is 154 Å². The van der Waals surface area contributed by atoms with Crippen LogP contribution in [0.2, 0.25) is 0 Å². The summed E-state index contributed by atoms with van der Waals surface area (Å²) in [5.74, 6) is -7.21. The van der Waals surface area contributed by atoms with Gasteiger partial charge in [-0.3, -0.25) is 14.4 Å². The van der Waals surface area contributed by atoms with E-state index in [1.807, 2.05) is 0 Å². The number of aliphatic hydroxyl groups excluding tert-OH is 1. The summed E-state index contributed by atoms with van der Waals surface area (Å²) in [5.41, 5.74) is -7.75. The lowest BCUT2D eigenvalue weighted by Crippen LogP contribution is -2.81. The lowest BCUT2D eigenvalue weighted by molar-refractivity contribution is -0.346. The predicted octanol–water partition coefficient (Wildman–Crippen LogP) is 6.70. The molecule has 1 unspecified atom stereocenters. The second-order valence-electron chi connectivity index (χ2n) is 19.8. The van der Waals surface area contributed by atoms with Crippen molar-refractivity contribution in [1.82, 2.24) is 5.32 Å². The Hall–Kier alpha value is -5.42. The first-order valence-corrected chi connectivity index (χ1v) is 22.8. The lowest BCUT2D eigenvalue weighted by Gasteiger charge is -2.68. The summed E-state index contributed by atoms with van der Waals surface area (Å²) in [6.45, 7) is 21.2. The zero-order valence-electron chi connectivity index (χ0n) is 43.6. The van der Waals surface area contributed by atoms with E-state index in [1.54, 1.807) is 97.0 Å². The number of carbonyl (C=O) groups excluding carboxylic acids is 6. The fourth-order valence-corrected chi connectivity index (χ4v) is 10.8. The number of nitrogens with one attached hydrogen (secondary N) is 1. The first-order valence-electron chi connectivity index (χ1n) is 24.3. The van der Waals surface area contributed by atoms with Crippen molar-refractivity contribution in [1.29, 1.82) is 0 Å². The molecule has 16 nitrogen and oxygen atoms in total. The number of fused-ring (bicyclic) bond motifs is 5. The zero-order chi connectivity index (χ0) is 53.2. The maximum Gasteiger partial charge on any atom is 0.408 e. The molecule has 2 aromatic carbocycles. The molecule has 2 saturated carbocycles. The molecule has 0 aromatic heterocycles. The largest absolute Gasteiger partial charge is 0.455 e. The number of ether oxygens (including phenoxy) is 7. The van der Waals surface area contributed by atoms with E-state index in [4.69, 9.17) is 37.3 Å². The minimum Gasteiger partial charge on any atom is -0.455 e. The summed E-state index contributed by atoms with van der Waals surface area (Å²) < 4.78 is 66.7. The topological polar surface area (TPSA) is 220 Å². The van der Waals surface area contributed by atoms with Gasteiger partial charge < -0.3 is 48.7 Å². The van der Waals surface area contributed by atoms with E-state index in [1.165, 1.54) is 26.0 Å². The normalized spacial score (nSPS) is 31.4. The number of methoxy groups -OCH3 is 1. The van der Waals surface area contributed by atoms with Gasteiger partial charge in [0.15, 0.2) is 5.60 Å². The molecule has 0 spiro atoms. The maximum atomic E-state index is 15.8. The molecule has 0 radical (unpaired) electrons. The average Bonchev–Trinajstić information content (AvgIpc) is 3.27. The molecule has 372 valence electrons. The Kier molecular flexibility index (Phi) is 14.9. The number of Topliss-reactive ketones (excluding diaryl/α,β-unsaturated/α-hetero) is 1. The SMILES string of the molecule is C=C.[2H]C([2H])([2H])O[C@H]1C[C@H]2OC[C@@]2(OC(C)=O)[C@H]2[C@H](OC(=O)c3ccccc3)[C@]3(O)C[C@H](OC(=O)[C@H](OC(=O)CCC(C)O)[C@@H](NC(=O)OC(C)(C)C)c4ccccc4)C(C)=C([C@@H](C)C(=O)[C@]12C)C3(C)C. The smallest absolute Gasteiger partial charge is 0.408 e. The third-order valence-electron chi connectivity index (χ3n) is 14.0. The number of benzene rings is 2. The standard InChI is InChI=1S/C50H65NO15.C2H4/c1-27(52)22-23-36(54)63-39(38(31-18-14-12-15-19-31)51-45(58)66-46(5,6)7)44(57)62-33-25-50(59)42(64-43(56)32-20-16-13-17-21-32)40-48(10,41(55)29(3)37(28(33)2)47(50,8)9)34(60-11)24-35-49(40,26-61-35)65-30(4)53;1-2/h12-21,27,29,33-35,38-40,42,52,59H,22-26H2,1-11H3,(H,51,58);1-2H2/t27?,29-,33+,34+,35-,38+,39-,40+,42+,48-,49+,50-;/m1./s1/i11D3;. The van der Waals surface area contributed by atoms with Crippen LogP contribution < -0.4 is 5.32 Å². The van der Waals surface area contributed by atoms with Crippen molar-refractivity contribution in [3.8, 4) is 0 Å². The van der Waals surface area contributed by atoms with Crippen LogP contribution in [-0.4, -0.2) is 113 Å². The number of esters is 4. The maximum absolute atomic E-state index is 15.8. The minimum absolute atomic E-state index is 0.0277. The molecular weight excluding hydrogens is 879 g/mol.